The number of methoxy groups -OCH3 is 1. The van der Waals surface area contributed by atoms with Crippen LogP contribution in [0.1, 0.15) is 16.7 Å². The lowest BCUT2D eigenvalue weighted by Crippen LogP contribution is -2.36. The molecule has 0 amide bonds. The average Bonchev–Trinajstić information content (AvgIpc) is 2.84. The number of carbonyl (C=O) groups excluding carboxylic acids is 1. The van der Waals surface area contributed by atoms with Crippen LogP contribution < -0.4 is 4.74 Å². The summed E-state index contributed by atoms with van der Waals surface area (Å²) in [5.41, 5.74) is 3.03. The highest BCUT2D eigenvalue weighted by atomic mass is 16.6. The lowest BCUT2D eigenvalue weighted by atomic mass is 10.2. The molecule has 0 radical (unpaired) electrons. The van der Waals surface area contributed by atoms with E-state index in [9.17, 15) is 4.79 Å². The Bertz CT molecular complexity index is 881. The van der Waals surface area contributed by atoms with Crippen molar-refractivity contribution in [3.63, 3.8) is 0 Å². The van der Waals surface area contributed by atoms with Gasteiger partial charge >= 0.3 is 0 Å². The molecule has 5 heteroatoms. The van der Waals surface area contributed by atoms with Crippen molar-refractivity contribution in [1.29, 1.82) is 0 Å². The monoisotopic (exact) mass is 420 g/mol. The number of aldehydes is 1. The van der Waals surface area contributed by atoms with Crippen LogP contribution in [0.4, 0.5) is 0 Å². The van der Waals surface area contributed by atoms with Gasteiger partial charge in [-0.15, -0.1) is 0 Å². The van der Waals surface area contributed by atoms with Crippen LogP contribution in [0.2, 0.25) is 0 Å². The van der Waals surface area contributed by atoms with E-state index in [4.69, 9.17) is 18.9 Å². The van der Waals surface area contributed by atoms with Gasteiger partial charge in [0.2, 0.25) is 0 Å². The highest BCUT2D eigenvalue weighted by Crippen LogP contribution is 2.14. The third kappa shape index (κ3) is 7.64. The zero-order chi connectivity index (χ0) is 21.7. The molecule has 0 saturated carbocycles. The third-order valence-corrected chi connectivity index (χ3v) is 4.80. The second-order valence-corrected chi connectivity index (χ2v) is 7.10. The molecule has 0 heterocycles. The van der Waals surface area contributed by atoms with Crippen molar-refractivity contribution in [2.75, 3.05) is 13.7 Å². The molecule has 0 aromatic heterocycles. The summed E-state index contributed by atoms with van der Waals surface area (Å²) in [5, 5.41) is 0. The minimum absolute atomic E-state index is 0.233. The van der Waals surface area contributed by atoms with Gasteiger partial charge in [0.1, 0.15) is 18.0 Å². The highest BCUT2D eigenvalue weighted by molar-refractivity contribution is 5.57. The second-order valence-electron chi connectivity index (χ2n) is 7.10. The van der Waals surface area contributed by atoms with E-state index in [0.717, 1.165) is 28.7 Å². The van der Waals surface area contributed by atoms with Gasteiger partial charge in [0.25, 0.3) is 0 Å². The van der Waals surface area contributed by atoms with Crippen LogP contribution in [-0.4, -0.2) is 32.2 Å². The molecule has 3 aromatic rings. The molecule has 0 spiro atoms. The summed E-state index contributed by atoms with van der Waals surface area (Å²) < 4.78 is 23.0. The number of carbonyl (C=O) groups is 1. The number of rotatable bonds is 13. The van der Waals surface area contributed by atoms with Crippen molar-refractivity contribution in [3.8, 4) is 5.75 Å². The molecule has 0 bridgehead atoms. The van der Waals surface area contributed by atoms with Gasteiger partial charge in [-0.2, -0.15) is 0 Å². The Hall–Kier alpha value is -2.99. The minimum atomic E-state index is -0.736. The van der Waals surface area contributed by atoms with Crippen LogP contribution in [0.5, 0.6) is 5.75 Å². The molecule has 5 nitrogen and oxygen atoms in total. The van der Waals surface area contributed by atoms with Gasteiger partial charge in [0.15, 0.2) is 6.29 Å². The van der Waals surface area contributed by atoms with Crippen molar-refractivity contribution in [2.24, 2.45) is 0 Å². The molecule has 0 fully saturated rings. The van der Waals surface area contributed by atoms with Gasteiger partial charge in [-0.1, -0.05) is 72.8 Å². The average molecular weight is 421 g/mol. The summed E-state index contributed by atoms with van der Waals surface area (Å²) in [7, 11) is 1.63. The quantitative estimate of drug-likeness (QED) is 0.379. The maximum Gasteiger partial charge on any atom is 0.151 e. The van der Waals surface area contributed by atoms with Crippen LogP contribution in [-0.2, 0) is 38.8 Å². The van der Waals surface area contributed by atoms with Gasteiger partial charge in [0, 0.05) is 0 Å². The van der Waals surface area contributed by atoms with E-state index in [-0.39, 0.29) is 6.61 Å². The smallest absolute Gasteiger partial charge is 0.151 e. The predicted molar refractivity (Wildman–Crippen MR) is 119 cm³/mol. The Balaban J connectivity index is 1.59. The maximum absolute atomic E-state index is 11.8. The first-order valence-corrected chi connectivity index (χ1v) is 10.3. The topological polar surface area (TPSA) is 54.0 Å². The molecule has 31 heavy (non-hydrogen) atoms. The fourth-order valence-electron chi connectivity index (χ4n) is 3.03. The lowest BCUT2D eigenvalue weighted by Gasteiger charge is -2.24. The number of ether oxygens (including phenoxy) is 4. The second kappa shape index (κ2) is 12.6. The maximum atomic E-state index is 11.8. The van der Waals surface area contributed by atoms with Gasteiger partial charge in [-0.25, -0.2) is 0 Å². The first-order valence-electron chi connectivity index (χ1n) is 10.3. The van der Waals surface area contributed by atoms with Crippen LogP contribution in [0, 0.1) is 0 Å². The SMILES string of the molecule is COc1ccc(COC[C@H](OCc2ccccc2)[C@H](C=O)OCc2ccccc2)cc1. The van der Waals surface area contributed by atoms with E-state index >= 15 is 0 Å². The standard InChI is InChI=1S/C26H28O5/c1-28-24-14-12-23(13-15-24)17-29-20-26(31-19-22-10-6-3-7-11-22)25(16-27)30-18-21-8-4-2-5-9-21/h2-16,25-26H,17-20H2,1H3/t25-,26-/m0/s1. The predicted octanol–water partition coefficient (Wildman–Crippen LogP) is 4.58. The molecular weight excluding hydrogens is 392 g/mol. The van der Waals surface area contributed by atoms with Crippen molar-refractivity contribution >= 4 is 6.29 Å². The minimum Gasteiger partial charge on any atom is -0.497 e. The Morgan fingerprint density at radius 1 is 0.710 bits per heavy atom. The zero-order valence-corrected chi connectivity index (χ0v) is 17.7. The molecule has 0 aliphatic rings. The van der Waals surface area contributed by atoms with Crippen LogP contribution in [0.25, 0.3) is 0 Å². The molecule has 2 atom stereocenters. The molecule has 3 aromatic carbocycles. The molecule has 0 N–H and O–H groups in total. The van der Waals surface area contributed by atoms with E-state index < -0.39 is 12.2 Å². The third-order valence-electron chi connectivity index (χ3n) is 4.80. The van der Waals surface area contributed by atoms with Crippen molar-refractivity contribution in [2.45, 2.75) is 32.0 Å². The summed E-state index contributed by atoms with van der Waals surface area (Å²) in [6.45, 7) is 1.33. The number of hydrogen-bond acceptors (Lipinski definition) is 5. The fourth-order valence-corrected chi connectivity index (χ4v) is 3.03. The molecule has 162 valence electrons. The molecule has 0 aliphatic heterocycles. The van der Waals surface area contributed by atoms with E-state index in [1.807, 2.05) is 84.9 Å². The Morgan fingerprint density at radius 3 is 1.81 bits per heavy atom. The summed E-state index contributed by atoms with van der Waals surface area (Å²) >= 11 is 0. The van der Waals surface area contributed by atoms with Crippen molar-refractivity contribution < 1.29 is 23.7 Å². The van der Waals surface area contributed by atoms with Crippen molar-refractivity contribution in [3.05, 3.63) is 102 Å². The number of hydrogen-bond donors (Lipinski definition) is 0. The van der Waals surface area contributed by atoms with E-state index in [1.54, 1.807) is 7.11 Å². The Kier molecular flexibility index (Phi) is 9.26. The molecular formula is C26H28O5. The Morgan fingerprint density at radius 2 is 1.26 bits per heavy atom. The largest absolute Gasteiger partial charge is 0.497 e. The summed E-state index contributed by atoms with van der Waals surface area (Å²) in [6, 6.07) is 27.2. The van der Waals surface area contributed by atoms with Crippen LogP contribution >= 0.6 is 0 Å². The van der Waals surface area contributed by atoms with Gasteiger partial charge in [-0.05, 0) is 28.8 Å². The van der Waals surface area contributed by atoms with Crippen LogP contribution in [0.15, 0.2) is 84.9 Å². The van der Waals surface area contributed by atoms with Gasteiger partial charge in [0.05, 0.1) is 33.5 Å². The first-order chi connectivity index (χ1) is 15.3. The first kappa shape index (κ1) is 22.7. The zero-order valence-electron chi connectivity index (χ0n) is 17.7. The van der Waals surface area contributed by atoms with E-state index in [1.165, 1.54) is 0 Å². The van der Waals surface area contributed by atoms with Crippen molar-refractivity contribution in [1.82, 2.24) is 0 Å². The molecule has 0 unspecified atom stereocenters. The molecule has 0 saturated heterocycles. The van der Waals surface area contributed by atoms with Gasteiger partial charge < -0.3 is 23.7 Å². The summed E-state index contributed by atoms with van der Waals surface area (Å²) in [6.07, 6.45) is -0.477. The highest BCUT2D eigenvalue weighted by Gasteiger charge is 2.23. The summed E-state index contributed by atoms with van der Waals surface area (Å²) in [5.74, 6) is 0.795. The number of benzene rings is 3. The molecule has 3 rings (SSSR count). The van der Waals surface area contributed by atoms with Crippen LogP contribution in [0.3, 0.4) is 0 Å². The van der Waals surface area contributed by atoms with E-state index in [2.05, 4.69) is 0 Å². The van der Waals surface area contributed by atoms with E-state index in [0.29, 0.717) is 19.8 Å². The lowest BCUT2D eigenvalue weighted by molar-refractivity contribution is -0.141. The molecule has 0 aliphatic carbocycles. The normalized spacial score (nSPS) is 12.8. The Labute approximate surface area is 183 Å². The van der Waals surface area contributed by atoms with Gasteiger partial charge in [-0.3, -0.25) is 0 Å². The summed E-state index contributed by atoms with van der Waals surface area (Å²) in [4.78, 5) is 11.8. The fraction of sp³-hybridized carbons (Fsp3) is 0.269.